The maximum Gasteiger partial charge on any atom is 0.274 e. The lowest BCUT2D eigenvalue weighted by Gasteiger charge is -2.21. The second kappa shape index (κ2) is 6.69. The predicted molar refractivity (Wildman–Crippen MR) is 80.7 cm³/mol. The Balaban J connectivity index is 2.17. The van der Waals surface area contributed by atoms with Crippen LogP contribution in [-0.2, 0) is 6.54 Å². The number of H-pyrrole nitrogens is 1. The van der Waals surface area contributed by atoms with Crippen molar-refractivity contribution in [3.8, 4) is 0 Å². The molecule has 3 N–H and O–H groups in total. The van der Waals surface area contributed by atoms with E-state index in [2.05, 4.69) is 10.2 Å². The van der Waals surface area contributed by atoms with E-state index in [1.165, 1.54) is 12.1 Å². The van der Waals surface area contributed by atoms with Gasteiger partial charge in [0.05, 0.1) is 0 Å². The number of anilines is 1. The van der Waals surface area contributed by atoms with E-state index in [0.717, 1.165) is 12.0 Å². The SMILES string of the molecule is CCCN(Cc1ccc(N)cc1)C(=O)c1ccc(=O)[nH]n1. The van der Waals surface area contributed by atoms with Crippen LogP contribution in [0.3, 0.4) is 0 Å². The smallest absolute Gasteiger partial charge is 0.274 e. The molecule has 1 aromatic carbocycles. The van der Waals surface area contributed by atoms with Crippen LogP contribution in [0.5, 0.6) is 0 Å². The Morgan fingerprint density at radius 1 is 1.24 bits per heavy atom. The van der Waals surface area contributed by atoms with Crippen LogP contribution in [0.4, 0.5) is 5.69 Å². The lowest BCUT2D eigenvalue weighted by Crippen LogP contribution is -2.32. The molecule has 0 fully saturated rings. The molecule has 0 bridgehead atoms. The van der Waals surface area contributed by atoms with Gasteiger partial charge in [-0.05, 0) is 30.2 Å². The van der Waals surface area contributed by atoms with Crippen LogP contribution in [0, 0.1) is 0 Å². The predicted octanol–water partition coefficient (Wildman–Crippen LogP) is 1.40. The third-order valence-electron chi connectivity index (χ3n) is 3.03. The first-order valence-corrected chi connectivity index (χ1v) is 6.79. The number of carbonyl (C=O) groups excluding carboxylic acids is 1. The summed E-state index contributed by atoms with van der Waals surface area (Å²) in [6.45, 7) is 3.10. The third-order valence-corrected chi connectivity index (χ3v) is 3.03. The van der Waals surface area contributed by atoms with E-state index in [0.29, 0.717) is 18.8 Å². The number of nitrogens with two attached hydrogens (primary N) is 1. The molecule has 6 nitrogen and oxygen atoms in total. The number of hydrogen-bond acceptors (Lipinski definition) is 4. The van der Waals surface area contributed by atoms with Crippen molar-refractivity contribution in [3.05, 3.63) is 58.0 Å². The highest BCUT2D eigenvalue weighted by Crippen LogP contribution is 2.11. The molecule has 2 aromatic rings. The van der Waals surface area contributed by atoms with Crippen molar-refractivity contribution < 1.29 is 4.79 Å². The van der Waals surface area contributed by atoms with Crippen LogP contribution in [-0.4, -0.2) is 27.5 Å². The maximum atomic E-state index is 12.4. The fraction of sp³-hybridized carbons (Fsp3) is 0.267. The van der Waals surface area contributed by atoms with Crippen molar-refractivity contribution in [2.45, 2.75) is 19.9 Å². The van der Waals surface area contributed by atoms with Gasteiger partial charge >= 0.3 is 0 Å². The molecule has 6 heteroatoms. The molecule has 0 aliphatic heterocycles. The summed E-state index contributed by atoms with van der Waals surface area (Å²) < 4.78 is 0. The molecule has 1 amide bonds. The minimum atomic E-state index is -0.327. The molecule has 0 aliphatic carbocycles. The number of nitrogens with one attached hydrogen (secondary N) is 1. The zero-order chi connectivity index (χ0) is 15.2. The lowest BCUT2D eigenvalue weighted by atomic mass is 10.2. The van der Waals surface area contributed by atoms with Crippen molar-refractivity contribution in [2.75, 3.05) is 12.3 Å². The second-order valence-electron chi connectivity index (χ2n) is 4.77. The Labute approximate surface area is 122 Å². The van der Waals surface area contributed by atoms with Gasteiger partial charge in [0.1, 0.15) is 5.69 Å². The highest BCUT2D eigenvalue weighted by atomic mass is 16.2. The highest BCUT2D eigenvalue weighted by Gasteiger charge is 2.16. The molecular formula is C15H18N4O2. The van der Waals surface area contributed by atoms with Gasteiger partial charge in [0.2, 0.25) is 0 Å². The average Bonchev–Trinajstić information content (AvgIpc) is 2.49. The van der Waals surface area contributed by atoms with Crippen LogP contribution in [0.15, 0.2) is 41.2 Å². The first-order valence-electron chi connectivity index (χ1n) is 6.79. The van der Waals surface area contributed by atoms with Crippen molar-refractivity contribution >= 4 is 11.6 Å². The molecule has 0 saturated carbocycles. The van der Waals surface area contributed by atoms with E-state index in [-0.39, 0.29) is 17.2 Å². The van der Waals surface area contributed by atoms with Crippen molar-refractivity contribution in [1.82, 2.24) is 15.1 Å². The van der Waals surface area contributed by atoms with E-state index in [4.69, 9.17) is 5.73 Å². The molecule has 1 heterocycles. The summed E-state index contributed by atoms with van der Waals surface area (Å²) in [6.07, 6.45) is 0.837. The van der Waals surface area contributed by atoms with Gasteiger partial charge in [-0.3, -0.25) is 9.59 Å². The molecular weight excluding hydrogens is 268 g/mol. The van der Waals surface area contributed by atoms with Crippen molar-refractivity contribution in [2.24, 2.45) is 0 Å². The molecule has 0 unspecified atom stereocenters. The van der Waals surface area contributed by atoms with E-state index in [1.807, 2.05) is 31.2 Å². The first kappa shape index (κ1) is 14.8. The van der Waals surface area contributed by atoms with Gasteiger partial charge in [-0.25, -0.2) is 5.10 Å². The van der Waals surface area contributed by atoms with E-state index in [1.54, 1.807) is 4.90 Å². The van der Waals surface area contributed by atoms with Gasteiger partial charge in [0.15, 0.2) is 0 Å². The number of carbonyl (C=O) groups is 1. The quantitative estimate of drug-likeness (QED) is 0.813. The lowest BCUT2D eigenvalue weighted by molar-refractivity contribution is 0.0736. The number of hydrogen-bond donors (Lipinski definition) is 2. The number of nitrogens with zero attached hydrogens (tertiary/aromatic N) is 2. The van der Waals surface area contributed by atoms with Gasteiger partial charge < -0.3 is 10.6 Å². The monoisotopic (exact) mass is 286 g/mol. The summed E-state index contributed by atoms with van der Waals surface area (Å²) in [5, 5.41) is 6.07. The van der Waals surface area contributed by atoms with Gasteiger partial charge in [-0.1, -0.05) is 19.1 Å². The summed E-state index contributed by atoms with van der Waals surface area (Å²) >= 11 is 0. The first-order chi connectivity index (χ1) is 10.1. The Kier molecular flexibility index (Phi) is 4.71. The van der Waals surface area contributed by atoms with Gasteiger partial charge in [0.25, 0.3) is 11.5 Å². The number of amides is 1. The summed E-state index contributed by atoms with van der Waals surface area (Å²) in [4.78, 5) is 25.1. The fourth-order valence-corrected chi connectivity index (χ4v) is 1.99. The van der Waals surface area contributed by atoms with Crippen molar-refractivity contribution in [3.63, 3.8) is 0 Å². The number of aromatic amines is 1. The Bertz CT molecular complexity index is 644. The Hall–Kier alpha value is -2.63. The number of benzene rings is 1. The normalized spacial score (nSPS) is 10.3. The Morgan fingerprint density at radius 2 is 1.95 bits per heavy atom. The van der Waals surface area contributed by atoms with Crippen LogP contribution in [0.2, 0.25) is 0 Å². The summed E-state index contributed by atoms with van der Waals surface area (Å²) in [6, 6.07) is 10.1. The molecule has 0 radical (unpaired) electrons. The summed E-state index contributed by atoms with van der Waals surface area (Å²) in [5.74, 6) is -0.204. The molecule has 0 atom stereocenters. The van der Waals surface area contributed by atoms with Crippen LogP contribution in [0.25, 0.3) is 0 Å². The van der Waals surface area contributed by atoms with Crippen LogP contribution >= 0.6 is 0 Å². The largest absolute Gasteiger partial charge is 0.399 e. The van der Waals surface area contributed by atoms with E-state index in [9.17, 15) is 9.59 Å². The zero-order valence-electron chi connectivity index (χ0n) is 11.9. The summed E-state index contributed by atoms with van der Waals surface area (Å²) in [5.41, 5.74) is 7.25. The van der Waals surface area contributed by atoms with Crippen molar-refractivity contribution in [1.29, 1.82) is 0 Å². The Morgan fingerprint density at radius 3 is 2.52 bits per heavy atom. The second-order valence-corrected chi connectivity index (χ2v) is 4.77. The highest BCUT2D eigenvalue weighted by molar-refractivity contribution is 5.92. The molecule has 2 rings (SSSR count). The molecule has 110 valence electrons. The average molecular weight is 286 g/mol. The van der Waals surface area contributed by atoms with Gasteiger partial charge in [-0.15, -0.1) is 0 Å². The molecule has 0 aliphatic rings. The maximum absolute atomic E-state index is 12.4. The molecule has 1 aromatic heterocycles. The van der Waals surface area contributed by atoms with Crippen LogP contribution in [0.1, 0.15) is 29.4 Å². The summed E-state index contributed by atoms with van der Waals surface area (Å²) in [7, 11) is 0. The molecule has 21 heavy (non-hydrogen) atoms. The zero-order valence-corrected chi connectivity index (χ0v) is 11.9. The number of aromatic nitrogens is 2. The molecule has 0 spiro atoms. The standard InChI is InChI=1S/C15H18N4O2/c1-2-9-19(10-11-3-5-12(16)6-4-11)15(21)13-7-8-14(20)18-17-13/h3-8H,2,9-10,16H2,1H3,(H,18,20). The van der Waals surface area contributed by atoms with Gasteiger partial charge in [0, 0.05) is 24.8 Å². The number of rotatable bonds is 5. The number of nitrogen functional groups attached to an aromatic ring is 1. The van der Waals surface area contributed by atoms with E-state index < -0.39 is 0 Å². The van der Waals surface area contributed by atoms with Gasteiger partial charge in [-0.2, -0.15) is 5.10 Å². The minimum Gasteiger partial charge on any atom is -0.399 e. The van der Waals surface area contributed by atoms with Crippen LogP contribution < -0.4 is 11.3 Å². The minimum absolute atomic E-state index is 0.204. The van der Waals surface area contributed by atoms with E-state index >= 15 is 0 Å². The third kappa shape index (κ3) is 3.92. The fourth-order valence-electron chi connectivity index (χ4n) is 1.99. The molecule has 0 saturated heterocycles. The topological polar surface area (TPSA) is 92.1 Å².